The minimum atomic E-state index is -0.816. The topological polar surface area (TPSA) is 52.6 Å². The van der Waals surface area contributed by atoms with Gasteiger partial charge in [-0.3, -0.25) is 0 Å². The van der Waals surface area contributed by atoms with E-state index >= 15 is 0 Å². The fourth-order valence-corrected chi connectivity index (χ4v) is 4.42. The molecule has 1 aromatic carbocycles. The molecule has 21 heavy (non-hydrogen) atoms. The second kappa shape index (κ2) is 4.77. The lowest BCUT2D eigenvalue weighted by Gasteiger charge is -2.38. The van der Waals surface area contributed by atoms with E-state index < -0.39 is 6.09 Å². The van der Waals surface area contributed by atoms with Crippen molar-refractivity contribution in [2.75, 3.05) is 11.9 Å². The van der Waals surface area contributed by atoms with E-state index in [1.807, 2.05) is 24.3 Å². The molecule has 0 saturated carbocycles. The van der Waals surface area contributed by atoms with Crippen LogP contribution in [0.2, 0.25) is 0 Å². The van der Waals surface area contributed by atoms with Crippen LogP contribution in [-0.2, 0) is 0 Å². The van der Waals surface area contributed by atoms with Gasteiger partial charge in [0, 0.05) is 18.2 Å². The fraction of sp³-hybridized carbons (Fsp3) is 0.312. The highest BCUT2D eigenvalue weighted by molar-refractivity contribution is 7.08. The quantitative estimate of drug-likeness (QED) is 0.838. The Morgan fingerprint density at radius 3 is 2.95 bits per heavy atom. The monoisotopic (exact) mass is 300 g/mol. The zero-order chi connectivity index (χ0) is 14.4. The molecule has 2 aliphatic heterocycles. The summed E-state index contributed by atoms with van der Waals surface area (Å²) in [5, 5.41) is 17.4. The maximum atomic E-state index is 11.6. The number of carboxylic acid groups (broad SMARTS) is 1. The van der Waals surface area contributed by atoms with E-state index in [4.69, 9.17) is 0 Å². The molecule has 1 amide bonds. The number of amides is 1. The molecular formula is C16H16N2O2S. The van der Waals surface area contributed by atoms with Gasteiger partial charge in [0.05, 0.1) is 12.1 Å². The van der Waals surface area contributed by atoms with Crippen molar-refractivity contribution in [1.29, 1.82) is 0 Å². The van der Waals surface area contributed by atoms with E-state index in [1.54, 1.807) is 16.2 Å². The van der Waals surface area contributed by atoms with Crippen LogP contribution in [0.25, 0.3) is 0 Å². The molecule has 2 aromatic rings. The van der Waals surface area contributed by atoms with Gasteiger partial charge in [0.2, 0.25) is 0 Å². The molecule has 3 heterocycles. The van der Waals surface area contributed by atoms with Crippen LogP contribution in [0.5, 0.6) is 0 Å². The van der Waals surface area contributed by atoms with Crippen LogP contribution in [-0.4, -0.2) is 22.6 Å². The summed E-state index contributed by atoms with van der Waals surface area (Å²) in [5.41, 5.74) is 3.42. The van der Waals surface area contributed by atoms with E-state index in [0.29, 0.717) is 12.5 Å². The third-order valence-corrected chi connectivity index (χ3v) is 5.31. The first kappa shape index (κ1) is 12.7. The Morgan fingerprint density at radius 2 is 2.19 bits per heavy atom. The lowest BCUT2D eigenvalue weighted by molar-refractivity contribution is 0.132. The van der Waals surface area contributed by atoms with Crippen molar-refractivity contribution >= 4 is 23.1 Å². The molecule has 2 aliphatic rings. The van der Waals surface area contributed by atoms with Gasteiger partial charge >= 0.3 is 6.09 Å². The summed E-state index contributed by atoms with van der Waals surface area (Å²) >= 11 is 1.69. The average Bonchev–Trinajstić information content (AvgIpc) is 3.16. The highest BCUT2D eigenvalue weighted by Gasteiger charge is 2.46. The lowest BCUT2D eigenvalue weighted by Crippen LogP contribution is -2.36. The Labute approximate surface area is 127 Å². The summed E-state index contributed by atoms with van der Waals surface area (Å²) in [7, 11) is 0. The summed E-state index contributed by atoms with van der Waals surface area (Å²) in [6, 6.07) is 10.4. The zero-order valence-corrected chi connectivity index (χ0v) is 12.2. The number of likely N-dealkylation sites (tertiary alicyclic amines) is 1. The molecule has 1 fully saturated rings. The van der Waals surface area contributed by atoms with Crippen LogP contribution in [0.15, 0.2) is 41.1 Å². The van der Waals surface area contributed by atoms with Crippen molar-refractivity contribution in [3.05, 3.63) is 52.2 Å². The number of carbonyl (C=O) groups is 1. The summed E-state index contributed by atoms with van der Waals surface area (Å²) in [6.07, 6.45) is 0.0852. The van der Waals surface area contributed by atoms with Crippen LogP contribution in [0.4, 0.5) is 10.5 Å². The van der Waals surface area contributed by atoms with Crippen molar-refractivity contribution in [1.82, 2.24) is 4.90 Å². The number of benzene rings is 1. The summed E-state index contributed by atoms with van der Waals surface area (Å²) in [4.78, 5) is 13.2. The summed E-state index contributed by atoms with van der Waals surface area (Å²) in [5.74, 6) is 0.297. The maximum absolute atomic E-state index is 11.6. The number of thiophene rings is 1. The van der Waals surface area contributed by atoms with Gasteiger partial charge in [0.15, 0.2) is 0 Å². The SMILES string of the molecule is O=C(O)N1CC[C@@H]2[C@H](c3ccsc3)Nc3ccccc3[C@@H]21. The number of nitrogens with one attached hydrogen (secondary N) is 1. The van der Waals surface area contributed by atoms with Crippen molar-refractivity contribution in [3.63, 3.8) is 0 Å². The Balaban J connectivity index is 1.82. The smallest absolute Gasteiger partial charge is 0.407 e. The minimum absolute atomic E-state index is 0.0372. The number of hydrogen-bond donors (Lipinski definition) is 2. The Hall–Kier alpha value is -2.01. The number of hydrogen-bond acceptors (Lipinski definition) is 3. The molecule has 0 spiro atoms. The molecule has 5 heteroatoms. The molecule has 0 aliphatic carbocycles. The van der Waals surface area contributed by atoms with Gasteiger partial charge in [0.25, 0.3) is 0 Å². The van der Waals surface area contributed by atoms with Crippen molar-refractivity contribution in [3.8, 4) is 0 Å². The molecule has 4 nitrogen and oxygen atoms in total. The minimum Gasteiger partial charge on any atom is -0.465 e. The normalized spacial score (nSPS) is 26.9. The molecule has 0 radical (unpaired) electrons. The van der Waals surface area contributed by atoms with Gasteiger partial charge in [-0.15, -0.1) is 0 Å². The molecule has 2 N–H and O–H groups in total. The van der Waals surface area contributed by atoms with Crippen LogP contribution in [0.1, 0.15) is 29.6 Å². The van der Waals surface area contributed by atoms with E-state index in [1.165, 1.54) is 5.56 Å². The van der Waals surface area contributed by atoms with Crippen molar-refractivity contribution in [2.45, 2.75) is 18.5 Å². The van der Waals surface area contributed by atoms with Crippen LogP contribution in [0.3, 0.4) is 0 Å². The molecule has 3 atom stereocenters. The summed E-state index contributed by atoms with van der Waals surface area (Å²) in [6.45, 7) is 0.612. The number of anilines is 1. The first-order valence-corrected chi connectivity index (χ1v) is 8.07. The number of fused-ring (bicyclic) bond motifs is 3. The molecular weight excluding hydrogens is 284 g/mol. The Bertz CT molecular complexity index is 671. The van der Waals surface area contributed by atoms with E-state index in [2.05, 4.69) is 22.1 Å². The van der Waals surface area contributed by atoms with Gasteiger partial charge in [-0.1, -0.05) is 18.2 Å². The first-order valence-electron chi connectivity index (χ1n) is 7.13. The third-order valence-electron chi connectivity index (χ3n) is 4.61. The van der Waals surface area contributed by atoms with Crippen molar-refractivity contribution < 1.29 is 9.90 Å². The third kappa shape index (κ3) is 1.92. The van der Waals surface area contributed by atoms with Gasteiger partial charge in [0.1, 0.15) is 0 Å². The van der Waals surface area contributed by atoms with Crippen molar-refractivity contribution in [2.24, 2.45) is 5.92 Å². The first-order chi connectivity index (χ1) is 10.3. The lowest BCUT2D eigenvalue weighted by atomic mass is 9.81. The molecule has 0 unspecified atom stereocenters. The standard InChI is InChI=1S/C16H16N2O2S/c19-16(20)18-7-5-12-14(10-6-8-21-9-10)17-13-4-2-1-3-11(13)15(12)18/h1-4,6,8-9,12,14-15,17H,5,7H2,(H,19,20)/t12-,14+,15+/m1/s1. The van der Waals surface area contributed by atoms with Crippen LogP contribution < -0.4 is 5.32 Å². The summed E-state index contributed by atoms with van der Waals surface area (Å²) < 4.78 is 0. The number of para-hydroxylation sites is 1. The largest absolute Gasteiger partial charge is 0.465 e. The van der Waals surface area contributed by atoms with Gasteiger partial charge in [-0.2, -0.15) is 11.3 Å². The highest BCUT2D eigenvalue weighted by Crippen LogP contribution is 2.51. The van der Waals surface area contributed by atoms with Gasteiger partial charge in [-0.25, -0.2) is 4.79 Å². The van der Waals surface area contributed by atoms with Crippen LogP contribution >= 0.6 is 11.3 Å². The van der Waals surface area contributed by atoms with E-state index in [0.717, 1.165) is 17.7 Å². The second-order valence-corrected chi connectivity index (χ2v) is 6.42. The molecule has 1 aromatic heterocycles. The van der Waals surface area contributed by atoms with Crippen LogP contribution in [0, 0.1) is 5.92 Å². The highest BCUT2D eigenvalue weighted by atomic mass is 32.1. The maximum Gasteiger partial charge on any atom is 0.407 e. The van der Waals surface area contributed by atoms with Gasteiger partial charge in [-0.05, 0) is 40.4 Å². The zero-order valence-electron chi connectivity index (χ0n) is 11.4. The number of rotatable bonds is 1. The molecule has 4 rings (SSSR count). The molecule has 1 saturated heterocycles. The predicted octanol–water partition coefficient (Wildman–Crippen LogP) is 3.96. The number of nitrogens with zero attached hydrogens (tertiary/aromatic N) is 1. The average molecular weight is 300 g/mol. The predicted molar refractivity (Wildman–Crippen MR) is 82.7 cm³/mol. The molecule has 108 valence electrons. The molecule has 0 bridgehead atoms. The Morgan fingerprint density at radius 1 is 1.33 bits per heavy atom. The van der Waals surface area contributed by atoms with Gasteiger partial charge < -0.3 is 15.3 Å². The van der Waals surface area contributed by atoms with E-state index in [9.17, 15) is 9.90 Å². The van der Waals surface area contributed by atoms with E-state index in [-0.39, 0.29) is 12.1 Å². The fourth-order valence-electron chi connectivity index (χ4n) is 3.72. The second-order valence-electron chi connectivity index (χ2n) is 5.64. The Kier molecular flexibility index (Phi) is 2.89.